The number of nitrogens with two attached hydrogens (primary N) is 1. The van der Waals surface area contributed by atoms with Crippen LogP contribution in [-0.2, 0) is 6.42 Å². The molecule has 1 unspecified atom stereocenters. The maximum Gasteiger partial charge on any atom is 0.0226 e. The van der Waals surface area contributed by atoms with Crippen molar-refractivity contribution >= 4 is 11.8 Å². The van der Waals surface area contributed by atoms with Crippen LogP contribution in [0, 0.1) is 5.92 Å². The van der Waals surface area contributed by atoms with Gasteiger partial charge in [-0.15, -0.1) is 0 Å². The molecule has 3 heteroatoms. The average Bonchev–Trinajstić information content (AvgIpc) is 2.50. The summed E-state index contributed by atoms with van der Waals surface area (Å²) in [5.41, 5.74) is 7.44. The zero-order valence-corrected chi connectivity index (χ0v) is 13.4. The van der Waals surface area contributed by atoms with E-state index >= 15 is 0 Å². The van der Waals surface area contributed by atoms with Crippen LogP contribution in [0.2, 0.25) is 0 Å². The number of benzene rings is 1. The Morgan fingerprint density at radius 3 is 2.55 bits per heavy atom. The van der Waals surface area contributed by atoms with Crippen molar-refractivity contribution in [3.63, 3.8) is 0 Å². The van der Waals surface area contributed by atoms with Gasteiger partial charge in [-0.25, -0.2) is 0 Å². The zero-order chi connectivity index (χ0) is 14.2. The van der Waals surface area contributed by atoms with Crippen LogP contribution in [0.1, 0.15) is 24.8 Å². The van der Waals surface area contributed by atoms with Gasteiger partial charge in [0.15, 0.2) is 0 Å². The summed E-state index contributed by atoms with van der Waals surface area (Å²) in [4.78, 5) is 2.62. The summed E-state index contributed by atoms with van der Waals surface area (Å²) in [7, 11) is 0. The smallest absolute Gasteiger partial charge is 0.0226 e. The third kappa shape index (κ3) is 4.80. The van der Waals surface area contributed by atoms with Crippen LogP contribution in [0.5, 0.6) is 0 Å². The molecule has 1 aromatic carbocycles. The van der Waals surface area contributed by atoms with Crippen molar-refractivity contribution in [1.29, 1.82) is 0 Å². The van der Waals surface area contributed by atoms with Gasteiger partial charge in [-0.1, -0.05) is 30.3 Å². The van der Waals surface area contributed by atoms with E-state index in [0.29, 0.717) is 6.04 Å². The molecule has 0 spiro atoms. The number of piperidine rings is 1. The lowest BCUT2D eigenvalue weighted by Gasteiger charge is -2.37. The second-order valence-corrected chi connectivity index (χ2v) is 6.83. The molecule has 20 heavy (non-hydrogen) atoms. The molecule has 0 saturated carbocycles. The van der Waals surface area contributed by atoms with Crippen molar-refractivity contribution < 1.29 is 0 Å². The molecule has 0 aliphatic carbocycles. The number of rotatable bonds is 7. The highest BCUT2D eigenvalue weighted by molar-refractivity contribution is 7.98. The van der Waals surface area contributed by atoms with E-state index in [9.17, 15) is 0 Å². The van der Waals surface area contributed by atoms with Gasteiger partial charge >= 0.3 is 0 Å². The summed E-state index contributed by atoms with van der Waals surface area (Å²) in [5.74, 6) is 2.08. The van der Waals surface area contributed by atoms with Crippen molar-refractivity contribution in [2.75, 3.05) is 31.6 Å². The molecular weight excluding hydrogens is 264 g/mol. The Bertz CT molecular complexity index is 361. The number of hydrogen-bond donors (Lipinski definition) is 1. The van der Waals surface area contributed by atoms with Gasteiger partial charge in [0.2, 0.25) is 0 Å². The minimum Gasteiger partial charge on any atom is -0.329 e. The van der Waals surface area contributed by atoms with Crippen molar-refractivity contribution in [3.8, 4) is 0 Å². The van der Waals surface area contributed by atoms with E-state index in [0.717, 1.165) is 12.5 Å². The summed E-state index contributed by atoms with van der Waals surface area (Å²) in [6.07, 6.45) is 7.31. The van der Waals surface area contributed by atoms with Crippen molar-refractivity contribution in [2.45, 2.75) is 31.7 Å². The van der Waals surface area contributed by atoms with E-state index in [-0.39, 0.29) is 0 Å². The molecule has 1 fully saturated rings. The maximum atomic E-state index is 5.95. The van der Waals surface area contributed by atoms with Gasteiger partial charge < -0.3 is 5.73 Å². The van der Waals surface area contributed by atoms with Crippen molar-refractivity contribution in [2.24, 2.45) is 11.7 Å². The summed E-state index contributed by atoms with van der Waals surface area (Å²) in [6, 6.07) is 11.5. The molecule has 1 atom stereocenters. The van der Waals surface area contributed by atoms with E-state index in [1.807, 2.05) is 11.8 Å². The highest BCUT2D eigenvalue weighted by Gasteiger charge is 2.24. The quantitative estimate of drug-likeness (QED) is 0.837. The molecule has 0 amide bonds. The van der Waals surface area contributed by atoms with Gasteiger partial charge in [-0.2, -0.15) is 11.8 Å². The molecular formula is C17H28N2S. The Balaban J connectivity index is 1.76. The zero-order valence-electron chi connectivity index (χ0n) is 12.6. The van der Waals surface area contributed by atoms with Crippen LogP contribution >= 0.6 is 11.8 Å². The number of nitrogens with zero attached hydrogens (tertiary/aromatic N) is 1. The second-order valence-electron chi connectivity index (χ2n) is 5.84. The normalized spacial score (nSPS) is 19.1. The first-order valence-electron chi connectivity index (χ1n) is 7.80. The Morgan fingerprint density at radius 2 is 1.95 bits per heavy atom. The van der Waals surface area contributed by atoms with Gasteiger partial charge in [0, 0.05) is 12.6 Å². The van der Waals surface area contributed by atoms with Gasteiger partial charge in [-0.3, -0.25) is 4.90 Å². The predicted octanol–water partition coefficient (Wildman–Crippen LogP) is 3.02. The van der Waals surface area contributed by atoms with Gasteiger partial charge in [0.1, 0.15) is 0 Å². The van der Waals surface area contributed by atoms with Crippen LogP contribution in [0.3, 0.4) is 0 Å². The summed E-state index contributed by atoms with van der Waals surface area (Å²) < 4.78 is 0. The molecule has 1 aromatic rings. The first kappa shape index (κ1) is 15.9. The molecule has 0 radical (unpaired) electrons. The lowest BCUT2D eigenvalue weighted by atomic mass is 9.89. The lowest BCUT2D eigenvalue weighted by Crippen LogP contribution is -2.45. The third-order valence-corrected chi connectivity index (χ3v) is 5.10. The Labute approximate surface area is 128 Å². The van der Waals surface area contributed by atoms with E-state index in [4.69, 9.17) is 5.73 Å². The highest BCUT2D eigenvalue weighted by atomic mass is 32.2. The molecule has 112 valence electrons. The maximum absolute atomic E-state index is 5.95. The minimum absolute atomic E-state index is 0.597. The Hall–Kier alpha value is -0.510. The fourth-order valence-electron chi connectivity index (χ4n) is 3.17. The van der Waals surface area contributed by atoms with Gasteiger partial charge in [-0.05, 0) is 62.3 Å². The molecule has 1 aliphatic heterocycles. The first-order valence-corrected chi connectivity index (χ1v) is 9.20. The highest BCUT2D eigenvalue weighted by Crippen LogP contribution is 2.23. The summed E-state index contributed by atoms with van der Waals surface area (Å²) >= 11 is 1.93. The van der Waals surface area contributed by atoms with Crippen LogP contribution < -0.4 is 5.73 Å². The molecule has 1 aliphatic rings. The molecule has 2 N–H and O–H groups in total. The van der Waals surface area contributed by atoms with Crippen molar-refractivity contribution in [1.82, 2.24) is 4.90 Å². The number of likely N-dealkylation sites (tertiary alicyclic amines) is 1. The van der Waals surface area contributed by atoms with Crippen LogP contribution in [-0.4, -0.2) is 42.6 Å². The SMILES string of the molecule is CSCCC(CN)N1CCC(Cc2ccccc2)CC1. The van der Waals surface area contributed by atoms with Crippen LogP contribution in [0.4, 0.5) is 0 Å². The predicted molar refractivity (Wildman–Crippen MR) is 90.3 cm³/mol. The largest absolute Gasteiger partial charge is 0.329 e. The Kier molecular flexibility index (Phi) is 6.91. The van der Waals surface area contributed by atoms with Crippen molar-refractivity contribution in [3.05, 3.63) is 35.9 Å². The fraction of sp³-hybridized carbons (Fsp3) is 0.647. The fourth-order valence-corrected chi connectivity index (χ4v) is 3.68. The topological polar surface area (TPSA) is 29.3 Å². The monoisotopic (exact) mass is 292 g/mol. The van der Waals surface area contributed by atoms with E-state index in [1.165, 1.54) is 50.1 Å². The summed E-state index contributed by atoms with van der Waals surface area (Å²) in [5, 5.41) is 0. The lowest BCUT2D eigenvalue weighted by molar-refractivity contribution is 0.133. The standard InChI is InChI=1S/C17H28N2S/c1-20-12-9-17(14-18)19-10-7-16(8-11-19)13-15-5-3-2-4-6-15/h2-6,16-17H,7-14,18H2,1H3. The van der Waals surface area contributed by atoms with E-state index in [2.05, 4.69) is 41.5 Å². The Morgan fingerprint density at radius 1 is 1.25 bits per heavy atom. The minimum atomic E-state index is 0.597. The second kappa shape index (κ2) is 8.71. The molecule has 1 saturated heterocycles. The molecule has 0 bridgehead atoms. The number of thioether (sulfide) groups is 1. The van der Waals surface area contributed by atoms with E-state index < -0.39 is 0 Å². The number of hydrogen-bond acceptors (Lipinski definition) is 3. The third-order valence-electron chi connectivity index (χ3n) is 4.46. The average molecular weight is 292 g/mol. The van der Waals surface area contributed by atoms with Crippen LogP contribution in [0.25, 0.3) is 0 Å². The van der Waals surface area contributed by atoms with Gasteiger partial charge in [0.05, 0.1) is 0 Å². The molecule has 0 aromatic heterocycles. The molecule has 2 rings (SSSR count). The van der Waals surface area contributed by atoms with E-state index in [1.54, 1.807) is 0 Å². The van der Waals surface area contributed by atoms with Crippen LogP contribution in [0.15, 0.2) is 30.3 Å². The van der Waals surface area contributed by atoms with Gasteiger partial charge in [0.25, 0.3) is 0 Å². The first-order chi connectivity index (χ1) is 9.83. The molecule has 1 heterocycles. The summed E-state index contributed by atoms with van der Waals surface area (Å²) in [6.45, 7) is 3.27. The molecule has 2 nitrogen and oxygen atoms in total.